The second-order valence-corrected chi connectivity index (χ2v) is 6.19. The predicted molar refractivity (Wildman–Crippen MR) is 80.8 cm³/mol. The number of rotatable bonds is 7. The van der Waals surface area contributed by atoms with E-state index in [2.05, 4.69) is 48.1 Å². The molecule has 1 aliphatic carbocycles. The van der Waals surface area contributed by atoms with Gasteiger partial charge in [0.2, 0.25) is 5.89 Å². The lowest BCUT2D eigenvalue weighted by Gasteiger charge is -2.28. The third kappa shape index (κ3) is 3.72. The van der Waals surface area contributed by atoms with Crippen molar-refractivity contribution in [3.8, 4) is 0 Å². The quantitative estimate of drug-likeness (QED) is 0.831. The SMILES string of the molecule is CCNC(C)c1nnc(N(CC(C)C)C2CCCC2)o1. The second kappa shape index (κ2) is 7.07. The lowest BCUT2D eigenvalue weighted by molar-refractivity contribution is 0.402. The Morgan fingerprint density at radius 2 is 1.95 bits per heavy atom. The van der Waals surface area contributed by atoms with Crippen LogP contribution < -0.4 is 10.2 Å². The van der Waals surface area contributed by atoms with Crippen LogP contribution in [0.3, 0.4) is 0 Å². The fourth-order valence-electron chi connectivity index (χ4n) is 2.90. The molecule has 1 fully saturated rings. The molecule has 0 radical (unpaired) electrons. The van der Waals surface area contributed by atoms with Gasteiger partial charge in [-0.3, -0.25) is 0 Å². The highest BCUT2D eigenvalue weighted by molar-refractivity contribution is 5.27. The van der Waals surface area contributed by atoms with Crippen LogP contribution in [0.2, 0.25) is 0 Å². The van der Waals surface area contributed by atoms with Crippen molar-refractivity contribution in [3.63, 3.8) is 0 Å². The summed E-state index contributed by atoms with van der Waals surface area (Å²) in [5.74, 6) is 1.28. The molecule has 2 rings (SSSR count). The Balaban J connectivity index is 2.11. The maximum atomic E-state index is 5.91. The van der Waals surface area contributed by atoms with Crippen molar-refractivity contribution in [3.05, 3.63) is 5.89 Å². The molecule has 20 heavy (non-hydrogen) atoms. The molecule has 5 heteroatoms. The molecule has 1 aliphatic rings. The molecule has 5 nitrogen and oxygen atoms in total. The van der Waals surface area contributed by atoms with Gasteiger partial charge in [0.15, 0.2) is 0 Å². The highest BCUT2D eigenvalue weighted by Gasteiger charge is 2.27. The van der Waals surface area contributed by atoms with Crippen LogP contribution in [0.5, 0.6) is 0 Å². The molecule has 0 bridgehead atoms. The molecule has 1 saturated carbocycles. The lowest BCUT2D eigenvalue weighted by atomic mass is 10.1. The van der Waals surface area contributed by atoms with Crippen LogP contribution in [0.25, 0.3) is 0 Å². The minimum Gasteiger partial charge on any atom is -0.406 e. The summed E-state index contributed by atoms with van der Waals surface area (Å²) in [4.78, 5) is 2.33. The topological polar surface area (TPSA) is 54.2 Å². The average molecular weight is 280 g/mol. The highest BCUT2D eigenvalue weighted by atomic mass is 16.4. The molecule has 0 spiro atoms. The molecule has 0 aliphatic heterocycles. The van der Waals surface area contributed by atoms with Gasteiger partial charge >= 0.3 is 6.01 Å². The van der Waals surface area contributed by atoms with Crippen molar-refractivity contribution < 1.29 is 4.42 Å². The molecule has 1 N–H and O–H groups in total. The van der Waals surface area contributed by atoms with E-state index in [1.807, 2.05) is 0 Å². The summed E-state index contributed by atoms with van der Waals surface area (Å²) in [6.45, 7) is 10.5. The van der Waals surface area contributed by atoms with Gasteiger partial charge in [-0.15, -0.1) is 5.10 Å². The number of hydrogen-bond acceptors (Lipinski definition) is 5. The van der Waals surface area contributed by atoms with Crippen molar-refractivity contribution in [1.82, 2.24) is 15.5 Å². The monoisotopic (exact) mass is 280 g/mol. The van der Waals surface area contributed by atoms with E-state index >= 15 is 0 Å². The molecule has 0 aromatic carbocycles. The first-order valence-electron chi connectivity index (χ1n) is 7.95. The summed E-state index contributed by atoms with van der Waals surface area (Å²) < 4.78 is 5.91. The van der Waals surface area contributed by atoms with E-state index in [0.717, 1.165) is 13.1 Å². The van der Waals surface area contributed by atoms with Gasteiger partial charge < -0.3 is 14.6 Å². The van der Waals surface area contributed by atoms with Gasteiger partial charge in [-0.25, -0.2) is 0 Å². The van der Waals surface area contributed by atoms with Crippen LogP contribution in [0.4, 0.5) is 6.01 Å². The van der Waals surface area contributed by atoms with Crippen molar-refractivity contribution in [2.75, 3.05) is 18.0 Å². The van der Waals surface area contributed by atoms with Gasteiger partial charge in [0.05, 0.1) is 6.04 Å². The van der Waals surface area contributed by atoms with Crippen molar-refractivity contribution in [1.29, 1.82) is 0 Å². The van der Waals surface area contributed by atoms with Crippen molar-refractivity contribution in [2.24, 2.45) is 5.92 Å². The van der Waals surface area contributed by atoms with E-state index in [4.69, 9.17) is 4.42 Å². The van der Waals surface area contributed by atoms with Crippen molar-refractivity contribution >= 4 is 6.01 Å². The Hall–Kier alpha value is -1.10. The lowest BCUT2D eigenvalue weighted by Crippen LogP contribution is -2.36. The zero-order chi connectivity index (χ0) is 14.5. The molecule has 1 heterocycles. The summed E-state index contributed by atoms with van der Waals surface area (Å²) in [6, 6.07) is 1.39. The van der Waals surface area contributed by atoms with Gasteiger partial charge in [0.25, 0.3) is 0 Å². The Morgan fingerprint density at radius 1 is 1.25 bits per heavy atom. The third-order valence-corrected chi connectivity index (χ3v) is 3.88. The summed E-state index contributed by atoms with van der Waals surface area (Å²) >= 11 is 0. The summed E-state index contributed by atoms with van der Waals surface area (Å²) in [5.41, 5.74) is 0. The Labute approximate surface area is 122 Å². The minimum absolute atomic E-state index is 0.116. The molecule has 1 aromatic heterocycles. The Morgan fingerprint density at radius 3 is 2.55 bits per heavy atom. The van der Waals surface area contributed by atoms with Crippen LogP contribution in [-0.2, 0) is 0 Å². The largest absolute Gasteiger partial charge is 0.406 e. The summed E-state index contributed by atoms with van der Waals surface area (Å²) in [5, 5.41) is 11.8. The zero-order valence-corrected chi connectivity index (χ0v) is 13.2. The average Bonchev–Trinajstić information content (AvgIpc) is 3.08. The van der Waals surface area contributed by atoms with Crippen LogP contribution >= 0.6 is 0 Å². The molecule has 114 valence electrons. The Kier molecular flexibility index (Phi) is 5.40. The van der Waals surface area contributed by atoms with E-state index in [1.165, 1.54) is 25.7 Å². The summed E-state index contributed by atoms with van der Waals surface area (Å²) in [6.07, 6.45) is 5.11. The number of nitrogens with zero attached hydrogens (tertiary/aromatic N) is 3. The first kappa shape index (κ1) is 15.3. The van der Waals surface area contributed by atoms with Crippen LogP contribution in [0.15, 0.2) is 4.42 Å². The van der Waals surface area contributed by atoms with Crippen LogP contribution in [0.1, 0.15) is 65.3 Å². The molecule has 0 saturated heterocycles. The standard InChI is InChI=1S/C15H28N4O/c1-5-16-12(4)14-17-18-15(20-14)19(10-11(2)3)13-8-6-7-9-13/h11-13,16H,5-10H2,1-4H3. The molecule has 1 atom stereocenters. The maximum Gasteiger partial charge on any atom is 0.318 e. The molecule has 1 aromatic rings. The molecular weight excluding hydrogens is 252 g/mol. The fraction of sp³-hybridized carbons (Fsp3) is 0.867. The van der Waals surface area contributed by atoms with Gasteiger partial charge in [-0.05, 0) is 32.2 Å². The van der Waals surface area contributed by atoms with Gasteiger partial charge in [0, 0.05) is 12.6 Å². The number of nitrogens with one attached hydrogen (secondary N) is 1. The Bertz CT molecular complexity index is 398. The summed E-state index contributed by atoms with van der Waals surface area (Å²) in [7, 11) is 0. The number of anilines is 1. The van der Waals surface area contributed by atoms with Gasteiger partial charge in [-0.1, -0.05) is 38.7 Å². The van der Waals surface area contributed by atoms with Crippen molar-refractivity contribution in [2.45, 2.75) is 65.5 Å². The van der Waals surface area contributed by atoms with Gasteiger partial charge in [0.1, 0.15) is 0 Å². The fourth-order valence-corrected chi connectivity index (χ4v) is 2.90. The predicted octanol–water partition coefficient (Wildman–Crippen LogP) is 3.15. The maximum absolute atomic E-state index is 5.91. The molecule has 0 amide bonds. The van der Waals surface area contributed by atoms with Crippen LogP contribution in [0, 0.1) is 5.92 Å². The van der Waals surface area contributed by atoms with E-state index in [0.29, 0.717) is 23.9 Å². The zero-order valence-electron chi connectivity index (χ0n) is 13.2. The van der Waals surface area contributed by atoms with Gasteiger partial charge in [-0.2, -0.15) is 0 Å². The second-order valence-electron chi connectivity index (χ2n) is 6.19. The van der Waals surface area contributed by atoms with Crippen LogP contribution in [-0.4, -0.2) is 29.3 Å². The highest BCUT2D eigenvalue weighted by Crippen LogP contribution is 2.29. The van der Waals surface area contributed by atoms with E-state index in [-0.39, 0.29) is 6.04 Å². The van der Waals surface area contributed by atoms with E-state index in [1.54, 1.807) is 0 Å². The smallest absolute Gasteiger partial charge is 0.318 e. The number of hydrogen-bond donors (Lipinski definition) is 1. The molecule has 1 unspecified atom stereocenters. The molecular formula is C15H28N4O. The third-order valence-electron chi connectivity index (χ3n) is 3.88. The first-order chi connectivity index (χ1) is 9.61. The first-order valence-corrected chi connectivity index (χ1v) is 7.95. The number of aromatic nitrogens is 2. The van der Waals surface area contributed by atoms with E-state index < -0.39 is 0 Å². The van der Waals surface area contributed by atoms with E-state index in [9.17, 15) is 0 Å². The minimum atomic E-state index is 0.116. The normalized spacial score (nSPS) is 17.9.